The smallest absolute Gasteiger partial charge is 0.277 e. The van der Waals surface area contributed by atoms with E-state index in [-0.39, 0.29) is 17.3 Å². The third-order valence-corrected chi connectivity index (χ3v) is 5.29. The van der Waals surface area contributed by atoms with E-state index >= 15 is 0 Å². The van der Waals surface area contributed by atoms with E-state index in [0.29, 0.717) is 17.6 Å². The van der Waals surface area contributed by atoms with E-state index in [1.165, 1.54) is 23.9 Å². The van der Waals surface area contributed by atoms with Gasteiger partial charge in [-0.3, -0.25) is 4.79 Å². The van der Waals surface area contributed by atoms with E-state index in [1.54, 1.807) is 18.2 Å². The Morgan fingerprint density at radius 3 is 2.93 bits per heavy atom. The minimum absolute atomic E-state index is 0.142. The molecular formula is C20H16F2N4O2. The number of carbonyl (C=O) groups excluding carboxylic acids is 1. The summed E-state index contributed by atoms with van der Waals surface area (Å²) in [6.45, 7) is 0. The molecule has 3 aromatic rings. The summed E-state index contributed by atoms with van der Waals surface area (Å²) in [5, 5.41) is 7.11. The van der Waals surface area contributed by atoms with Gasteiger partial charge in [0.2, 0.25) is 5.88 Å². The van der Waals surface area contributed by atoms with Crippen LogP contribution in [0.1, 0.15) is 34.1 Å². The standard InChI is InChI=1S/C20H16F2N4O2/c1-28-17-4-2-3-16(23-17)24-20(27)18-13-8-10-7-12(10)19(13)26(25-18)15-6-5-11(21)9-14(15)22/h2-6,9-10,12H,7-8H2,1H3,(H,23,24,27)/t10-,12-/m1/s1. The number of nitrogens with zero attached hydrogens (tertiary/aromatic N) is 3. The zero-order valence-corrected chi connectivity index (χ0v) is 14.9. The van der Waals surface area contributed by atoms with Crippen molar-refractivity contribution in [2.75, 3.05) is 12.4 Å². The molecule has 2 aliphatic rings. The van der Waals surface area contributed by atoms with E-state index in [4.69, 9.17) is 4.74 Å². The molecule has 2 heterocycles. The Labute approximate surface area is 159 Å². The molecule has 5 rings (SSSR count). The first-order valence-electron chi connectivity index (χ1n) is 8.94. The van der Waals surface area contributed by atoms with Crippen LogP contribution in [0.2, 0.25) is 0 Å². The highest BCUT2D eigenvalue weighted by atomic mass is 19.1. The molecule has 1 aromatic carbocycles. The largest absolute Gasteiger partial charge is 0.481 e. The van der Waals surface area contributed by atoms with E-state index in [2.05, 4.69) is 15.4 Å². The second kappa shape index (κ2) is 6.12. The lowest BCUT2D eigenvalue weighted by molar-refractivity contribution is 0.102. The van der Waals surface area contributed by atoms with Gasteiger partial charge in [-0.15, -0.1) is 0 Å². The summed E-state index contributed by atoms with van der Waals surface area (Å²) in [6.07, 6.45) is 1.73. The van der Waals surface area contributed by atoms with Crippen molar-refractivity contribution >= 4 is 11.7 Å². The van der Waals surface area contributed by atoms with Gasteiger partial charge in [-0.25, -0.2) is 13.5 Å². The average Bonchev–Trinajstić information content (AvgIpc) is 3.18. The van der Waals surface area contributed by atoms with E-state index < -0.39 is 17.5 Å². The van der Waals surface area contributed by atoms with E-state index in [9.17, 15) is 13.6 Å². The van der Waals surface area contributed by atoms with Gasteiger partial charge >= 0.3 is 0 Å². The molecule has 1 amide bonds. The summed E-state index contributed by atoms with van der Waals surface area (Å²) in [5.74, 6) is -0.341. The topological polar surface area (TPSA) is 69.0 Å². The molecular weight excluding hydrogens is 366 g/mol. The molecule has 1 N–H and O–H groups in total. The van der Waals surface area contributed by atoms with Crippen molar-refractivity contribution in [3.05, 3.63) is 65.0 Å². The zero-order valence-electron chi connectivity index (χ0n) is 14.9. The Kier molecular flexibility index (Phi) is 3.68. The van der Waals surface area contributed by atoms with Crippen LogP contribution in [-0.2, 0) is 6.42 Å². The van der Waals surface area contributed by atoms with Crippen molar-refractivity contribution in [2.45, 2.75) is 18.8 Å². The number of fused-ring (bicyclic) bond motifs is 3. The third kappa shape index (κ3) is 2.64. The Balaban J connectivity index is 1.54. The van der Waals surface area contributed by atoms with Crippen LogP contribution in [-0.4, -0.2) is 27.8 Å². The number of benzene rings is 1. The molecule has 0 spiro atoms. The highest BCUT2D eigenvalue weighted by Crippen LogP contribution is 2.57. The molecule has 0 radical (unpaired) electrons. The molecule has 142 valence electrons. The molecule has 0 bridgehead atoms. The van der Waals surface area contributed by atoms with Crippen molar-refractivity contribution < 1.29 is 18.3 Å². The van der Waals surface area contributed by atoms with Gasteiger partial charge in [-0.05, 0) is 37.0 Å². The highest BCUT2D eigenvalue weighted by molar-refractivity contribution is 6.03. The minimum atomic E-state index is -0.712. The minimum Gasteiger partial charge on any atom is -0.481 e. The van der Waals surface area contributed by atoms with Crippen LogP contribution in [0.3, 0.4) is 0 Å². The predicted molar refractivity (Wildman–Crippen MR) is 96.8 cm³/mol. The first kappa shape index (κ1) is 16.9. The van der Waals surface area contributed by atoms with Gasteiger partial charge in [0.25, 0.3) is 5.91 Å². The van der Waals surface area contributed by atoms with Crippen molar-refractivity contribution in [1.29, 1.82) is 0 Å². The molecule has 2 atom stereocenters. The van der Waals surface area contributed by atoms with Gasteiger partial charge < -0.3 is 10.1 Å². The Bertz CT molecular complexity index is 1110. The van der Waals surface area contributed by atoms with Gasteiger partial charge in [0.15, 0.2) is 11.5 Å². The molecule has 1 saturated carbocycles. The van der Waals surface area contributed by atoms with Crippen LogP contribution >= 0.6 is 0 Å². The first-order chi connectivity index (χ1) is 13.5. The maximum atomic E-state index is 14.4. The summed E-state index contributed by atoms with van der Waals surface area (Å²) >= 11 is 0. The molecule has 2 aromatic heterocycles. The summed E-state index contributed by atoms with van der Waals surface area (Å²) in [5.41, 5.74) is 2.06. The number of nitrogens with one attached hydrogen (secondary N) is 1. The van der Waals surface area contributed by atoms with Crippen LogP contribution in [0.25, 0.3) is 5.69 Å². The molecule has 0 saturated heterocycles. The van der Waals surface area contributed by atoms with E-state index in [1.807, 2.05) is 0 Å². The lowest BCUT2D eigenvalue weighted by Gasteiger charge is -2.07. The molecule has 0 aliphatic heterocycles. The number of carbonyl (C=O) groups is 1. The summed E-state index contributed by atoms with van der Waals surface area (Å²) in [7, 11) is 1.49. The first-order valence-corrected chi connectivity index (χ1v) is 8.94. The number of amides is 1. The van der Waals surface area contributed by atoms with Crippen molar-refractivity contribution in [1.82, 2.24) is 14.8 Å². The normalized spacial score (nSPS) is 19.1. The zero-order chi connectivity index (χ0) is 19.4. The number of rotatable bonds is 4. The van der Waals surface area contributed by atoms with Crippen molar-refractivity contribution in [3.63, 3.8) is 0 Å². The molecule has 0 unspecified atom stereocenters. The van der Waals surface area contributed by atoms with Gasteiger partial charge in [-0.1, -0.05) is 6.07 Å². The van der Waals surface area contributed by atoms with Crippen LogP contribution in [0, 0.1) is 17.6 Å². The summed E-state index contributed by atoms with van der Waals surface area (Å²) in [6, 6.07) is 8.39. The number of ether oxygens (including phenoxy) is 1. The van der Waals surface area contributed by atoms with Gasteiger partial charge in [0.1, 0.15) is 17.3 Å². The van der Waals surface area contributed by atoms with Crippen LogP contribution < -0.4 is 10.1 Å². The molecule has 2 aliphatic carbocycles. The lowest BCUT2D eigenvalue weighted by atomic mass is 10.1. The van der Waals surface area contributed by atoms with Crippen LogP contribution in [0.15, 0.2) is 36.4 Å². The highest BCUT2D eigenvalue weighted by Gasteiger charge is 2.50. The fourth-order valence-corrected chi connectivity index (χ4v) is 3.91. The van der Waals surface area contributed by atoms with Crippen LogP contribution in [0.4, 0.5) is 14.6 Å². The lowest BCUT2D eigenvalue weighted by Crippen LogP contribution is -2.16. The van der Waals surface area contributed by atoms with Gasteiger partial charge in [0, 0.05) is 23.6 Å². The number of anilines is 1. The molecule has 28 heavy (non-hydrogen) atoms. The molecule has 6 nitrogen and oxygen atoms in total. The maximum Gasteiger partial charge on any atom is 0.277 e. The summed E-state index contributed by atoms with van der Waals surface area (Å²) < 4.78 is 34.2. The molecule has 8 heteroatoms. The Hall–Kier alpha value is -3.29. The quantitative estimate of drug-likeness (QED) is 0.750. The number of methoxy groups -OCH3 is 1. The van der Waals surface area contributed by atoms with Crippen molar-refractivity contribution in [2.24, 2.45) is 5.92 Å². The average molecular weight is 382 g/mol. The van der Waals surface area contributed by atoms with Gasteiger partial charge in [0.05, 0.1) is 12.8 Å². The number of halogens is 2. The fraction of sp³-hybridized carbons (Fsp3) is 0.250. The Morgan fingerprint density at radius 1 is 1.29 bits per heavy atom. The number of pyridine rings is 1. The predicted octanol–water partition coefficient (Wildman–Crippen LogP) is 3.47. The third-order valence-electron chi connectivity index (χ3n) is 5.29. The second-order valence-electron chi connectivity index (χ2n) is 7.05. The SMILES string of the molecule is COc1cccc(NC(=O)c2nn(-c3ccc(F)cc3F)c3c2C[C@H]2C[C@@H]32)n1. The maximum absolute atomic E-state index is 14.4. The number of hydrogen-bond donors (Lipinski definition) is 1. The number of aromatic nitrogens is 3. The van der Waals surface area contributed by atoms with E-state index in [0.717, 1.165) is 30.2 Å². The number of hydrogen-bond acceptors (Lipinski definition) is 4. The Morgan fingerprint density at radius 2 is 2.14 bits per heavy atom. The second-order valence-corrected chi connectivity index (χ2v) is 7.05. The fourth-order valence-electron chi connectivity index (χ4n) is 3.91. The summed E-state index contributed by atoms with van der Waals surface area (Å²) in [4.78, 5) is 17.0. The van der Waals surface area contributed by atoms with Crippen LogP contribution in [0.5, 0.6) is 5.88 Å². The van der Waals surface area contributed by atoms with Crippen molar-refractivity contribution in [3.8, 4) is 11.6 Å². The monoisotopic (exact) mass is 382 g/mol. The molecule has 1 fully saturated rings. The van der Waals surface area contributed by atoms with Gasteiger partial charge in [-0.2, -0.15) is 10.1 Å².